The lowest BCUT2D eigenvalue weighted by Gasteiger charge is -2.25. The Morgan fingerprint density at radius 1 is 1.54 bits per heavy atom. The predicted molar refractivity (Wildman–Crippen MR) is 106 cm³/mol. The molecule has 1 aliphatic heterocycles. The fourth-order valence-electron chi connectivity index (χ4n) is 2.81. The van der Waals surface area contributed by atoms with Crippen molar-refractivity contribution in [3.63, 3.8) is 0 Å². The number of rotatable bonds is 6. The number of pyridine rings is 1. The zero-order chi connectivity index (χ0) is 19.3. The lowest BCUT2D eigenvalue weighted by atomic mass is 9.95. The Hall–Kier alpha value is -1.59. The van der Waals surface area contributed by atoms with Crippen LogP contribution in [-0.2, 0) is 4.79 Å². The van der Waals surface area contributed by atoms with Gasteiger partial charge in [0.2, 0.25) is 5.91 Å². The summed E-state index contributed by atoms with van der Waals surface area (Å²) in [5.41, 5.74) is 0.580. The first kappa shape index (κ1) is 20.7. The van der Waals surface area contributed by atoms with Gasteiger partial charge in [-0.15, -0.1) is 0 Å². The van der Waals surface area contributed by atoms with Crippen LogP contribution in [-0.4, -0.2) is 48.1 Å². The summed E-state index contributed by atoms with van der Waals surface area (Å²) < 4.78 is 6.05. The first-order valence-electron chi connectivity index (χ1n) is 9.16. The fourth-order valence-corrected chi connectivity index (χ4v) is 2.95. The highest BCUT2D eigenvalue weighted by Crippen LogP contribution is 2.28. The molecule has 0 spiro atoms. The van der Waals surface area contributed by atoms with Crippen molar-refractivity contribution in [2.24, 2.45) is 5.41 Å². The van der Waals surface area contributed by atoms with Gasteiger partial charge in [0.25, 0.3) is 0 Å². The molecule has 5 nitrogen and oxygen atoms in total. The van der Waals surface area contributed by atoms with E-state index in [2.05, 4.69) is 23.3 Å². The van der Waals surface area contributed by atoms with E-state index in [0.717, 1.165) is 18.4 Å². The van der Waals surface area contributed by atoms with Crippen LogP contribution in [0, 0.1) is 5.41 Å². The van der Waals surface area contributed by atoms with Crippen molar-refractivity contribution in [1.82, 2.24) is 15.2 Å². The first-order valence-corrected chi connectivity index (χ1v) is 9.54. The summed E-state index contributed by atoms with van der Waals surface area (Å²) in [6.45, 7) is 9.25. The van der Waals surface area contributed by atoms with Crippen molar-refractivity contribution in [1.29, 1.82) is 0 Å². The van der Waals surface area contributed by atoms with E-state index < -0.39 is 0 Å². The van der Waals surface area contributed by atoms with Gasteiger partial charge >= 0.3 is 0 Å². The molecule has 1 amide bonds. The molecule has 2 rings (SSSR count). The van der Waals surface area contributed by atoms with Gasteiger partial charge in [0.05, 0.1) is 6.54 Å². The van der Waals surface area contributed by atoms with Gasteiger partial charge in [0.15, 0.2) is 10.9 Å². The molecular formula is C20H30ClN3O2. The standard InChI is InChI=1S/C20H30ClN3O2/c1-14(22-5)7-6-8-15-11-17(18(21)23-12-15)26-16-9-10-24(13-16)19(25)20(2,3)4/h6,8,11-12,14,16,22H,7,9-10,13H2,1-5H3/b8-6+/t14-,16-/m0/s1. The van der Waals surface area contributed by atoms with Crippen LogP contribution in [0.15, 0.2) is 18.3 Å². The number of ether oxygens (including phenoxy) is 1. The average Bonchev–Trinajstić information content (AvgIpc) is 3.04. The number of carbonyl (C=O) groups is 1. The van der Waals surface area contributed by atoms with Gasteiger partial charge in [0.1, 0.15) is 6.10 Å². The Labute approximate surface area is 161 Å². The number of hydrogen-bond donors (Lipinski definition) is 1. The molecule has 1 saturated heterocycles. The maximum Gasteiger partial charge on any atom is 0.228 e. The van der Waals surface area contributed by atoms with E-state index in [-0.39, 0.29) is 17.4 Å². The number of carbonyl (C=O) groups excluding carboxylic acids is 1. The van der Waals surface area contributed by atoms with Gasteiger partial charge in [0, 0.05) is 30.6 Å². The summed E-state index contributed by atoms with van der Waals surface area (Å²) in [7, 11) is 1.95. The number of aromatic nitrogens is 1. The van der Waals surface area contributed by atoms with Crippen LogP contribution >= 0.6 is 11.6 Å². The predicted octanol–water partition coefficient (Wildman–Crippen LogP) is 3.77. The molecule has 1 aromatic rings. The third-order valence-electron chi connectivity index (χ3n) is 4.49. The topological polar surface area (TPSA) is 54.5 Å². The Morgan fingerprint density at radius 2 is 2.27 bits per heavy atom. The Kier molecular flexibility index (Phi) is 7.07. The fraction of sp³-hybridized carbons (Fsp3) is 0.600. The molecule has 0 aliphatic carbocycles. The van der Waals surface area contributed by atoms with Crippen LogP contribution in [0.3, 0.4) is 0 Å². The van der Waals surface area contributed by atoms with E-state index in [1.54, 1.807) is 6.20 Å². The van der Waals surface area contributed by atoms with Crippen molar-refractivity contribution in [2.75, 3.05) is 20.1 Å². The second-order valence-electron chi connectivity index (χ2n) is 7.92. The minimum atomic E-state index is -0.372. The van der Waals surface area contributed by atoms with Crippen molar-refractivity contribution in [3.8, 4) is 5.75 Å². The minimum absolute atomic E-state index is 0.0517. The van der Waals surface area contributed by atoms with Crippen LogP contribution in [0.25, 0.3) is 6.08 Å². The highest BCUT2D eigenvalue weighted by Gasteiger charge is 2.33. The molecule has 26 heavy (non-hydrogen) atoms. The third kappa shape index (κ3) is 5.71. The molecule has 1 fully saturated rings. The Bertz CT molecular complexity index is 655. The van der Waals surface area contributed by atoms with Crippen LogP contribution in [0.4, 0.5) is 0 Å². The molecule has 144 valence electrons. The molecule has 6 heteroatoms. The summed E-state index contributed by atoms with van der Waals surface area (Å²) in [5.74, 6) is 0.730. The molecule has 0 bridgehead atoms. The lowest BCUT2D eigenvalue weighted by molar-refractivity contribution is -0.138. The largest absolute Gasteiger partial charge is 0.485 e. The Morgan fingerprint density at radius 3 is 2.92 bits per heavy atom. The smallest absolute Gasteiger partial charge is 0.228 e. The maximum atomic E-state index is 12.4. The summed E-state index contributed by atoms with van der Waals surface area (Å²) in [5, 5.41) is 3.55. The molecule has 2 atom stereocenters. The summed E-state index contributed by atoms with van der Waals surface area (Å²) in [4.78, 5) is 18.5. The van der Waals surface area contributed by atoms with E-state index in [9.17, 15) is 4.79 Å². The molecule has 2 heterocycles. The van der Waals surface area contributed by atoms with E-state index in [1.807, 2.05) is 44.9 Å². The molecule has 0 radical (unpaired) electrons. The Balaban J connectivity index is 1.99. The quantitative estimate of drug-likeness (QED) is 0.764. The summed E-state index contributed by atoms with van der Waals surface area (Å²) in [6, 6.07) is 2.33. The SMILES string of the molecule is CN[C@@H](C)C/C=C/c1cnc(Cl)c(O[C@H]2CCN(C(=O)C(C)(C)C)C2)c1. The van der Waals surface area contributed by atoms with E-state index in [1.165, 1.54) is 0 Å². The van der Waals surface area contributed by atoms with Gasteiger partial charge < -0.3 is 15.0 Å². The number of nitrogens with zero attached hydrogens (tertiary/aromatic N) is 2. The van der Waals surface area contributed by atoms with Crippen molar-refractivity contribution < 1.29 is 9.53 Å². The van der Waals surface area contributed by atoms with Gasteiger partial charge in [-0.25, -0.2) is 4.98 Å². The minimum Gasteiger partial charge on any atom is -0.485 e. The highest BCUT2D eigenvalue weighted by molar-refractivity contribution is 6.30. The third-order valence-corrected chi connectivity index (χ3v) is 4.77. The second-order valence-corrected chi connectivity index (χ2v) is 8.27. The van der Waals surface area contributed by atoms with E-state index >= 15 is 0 Å². The summed E-state index contributed by atoms with van der Waals surface area (Å²) >= 11 is 6.20. The molecular weight excluding hydrogens is 350 g/mol. The summed E-state index contributed by atoms with van der Waals surface area (Å²) in [6.07, 6.45) is 7.55. The molecule has 0 unspecified atom stereocenters. The molecule has 0 aromatic carbocycles. The number of likely N-dealkylation sites (tertiary alicyclic amines) is 1. The van der Waals surface area contributed by atoms with Gasteiger partial charge in [-0.05, 0) is 32.0 Å². The van der Waals surface area contributed by atoms with E-state index in [4.69, 9.17) is 16.3 Å². The van der Waals surface area contributed by atoms with E-state index in [0.29, 0.717) is 30.0 Å². The normalized spacial score (nSPS) is 19.2. The first-order chi connectivity index (χ1) is 12.2. The molecule has 1 N–H and O–H groups in total. The van der Waals surface area contributed by atoms with Crippen molar-refractivity contribution >= 4 is 23.6 Å². The number of nitrogens with one attached hydrogen (secondary N) is 1. The van der Waals surface area contributed by atoms with Gasteiger partial charge in [-0.2, -0.15) is 0 Å². The monoisotopic (exact) mass is 379 g/mol. The van der Waals surface area contributed by atoms with Crippen molar-refractivity contribution in [3.05, 3.63) is 29.1 Å². The molecule has 1 aromatic heterocycles. The zero-order valence-electron chi connectivity index (χ0n) is 16.4. The number of hydrogen-bond acceptors (Lipinski definition) is 4. The van der Waals surface area contributed by atoms with Gasteiger partial charge in [-0.1, -0.05) is 44.5 Å². The van der Waals surface area contributed by atoms with Crippen LogP contribution < -0.4 is 10.1 Å². The van der Waals surface area contributed by atoms with Gasteiger partial charge in [-0.3, -0.25) is 4.79 Å². The second kappa shape index (κ2) is 8.87. The lowest BCUT2D eigenvalue weighted by Crippen LogP contribution is -2.38. The molecule has 1 aliphatic rings. The number of halogens is 1. The van der Waals surface area contributed by atoms with Crippen LogP contribution in [0.1, 0.15) is 46.1 Å². The van der Waals surface area contributed by atoms with Crippen LogP contribution in [0.5, 0.6) is 5.75 Å². The highest BCUT2D eigenvalue weighted by atomic mass is 35.5. The number of amides is 1. The zero-order valence-corrected chi connectivity index (χ0v) is 17.1. The van der Waals surface area contributed by atoms with Crippen molar-refractivity contribution in [2.45, 2.75) is 52.7 Å². The molecule has 0 saturated carbocycles. The van der Waals surface area contributed by atoms with Crippen LogP contribution in [0.2, 0.25) is 5.15 Å². The average molecular weight is 380 g/mol. The maximum absolute atomic E-state index is 12.4.